The second-order valence-electron chi connectivity index (χ2n) is 12.7. The minimum Gasteiger partial charge on any atom is -0.390 e. The van der Waals surface area contributed by atoms with Crippen LogP contribution in [0.2, 0.25) is 0 Å². The number of nitrogens with zero attached hydrogens (tertiary/aromatic N) is 7. The van der Waals surface area contributed by atoms with Crippen molar-refractivity contribution < 1.29 is 42.9 Å². The van der Waals surface area contributed by atoms with Crippen LogP contribution in [0.5, 0.6) is 0 Å². The summed E-state index contributed by atoms with van der Waals surface area (Å²) in [6, 6.07) is 15.8. The van der Waals surface area contributed by atoms with Crippen LogP contribution in [-0.2, 0) is 27.8 Å². The van der Waals surface area contributed by atoms with E-state index in [0.29, 0.717) is 49.5 Å². The van der Waals surface area contributed by atoms with Crippen LogP contribution in [0.3, 0.4) is 0 Å². The van der Waals surface area contributed by atoms with Crippen LogP contribution in [0.1, 0.15) is 35.8 Å². The standard InChI is InChI=1S/C33H38N10O9S/c34-53(49,50)23-8-6-20(7-9-23)36-33(48)37-21-11-13-41(15-21)32-38-29(42(18-45)12-10-19-4-2-1-3-5-19)25-30(39-32)43(17-35-25)31-27(47)26(46)28(51-31)24-14-22(16-44)40-52-24/h1-9,14,17,21,26-28,31,44-47H,10-13,15-16,18H2,(H2,34,49,50)(H2,36,37,48)/t21-,26+,27-,28-,31-/m1/s1. The molecular formula is C33H38N10O9S. The Morgan fingerprint density at radius 1 is 1.06 bits per heavy atom. The van der Waals surface area contributed by atoms with Gasteiger partial charge in [0.15, 0.2) is 29.0 Å². The molecule has 19 nitrogen and oxygen atoms in total. The zero-order valence-corrected chi connectivity index (χ0v) is 29.0. The van der Waals surface area contributed by atoms with Crippen LogP contribution in [0.4, 0.5) is 22.2 Å². The highest BCUT2D eigenvalue weighted by Gasteiger charge is 2.47. The van der Waals surface area contributed by atoms with Gasteiger partial charge in [0.25, 0.3) is 0 Å². The molecule has 5 atom stereocenters. The van der Waals surface area contributed by atoms with E-state index in [1.165, 1.54) is 41.2 Å². The molecule has 2 aliphatic rings. The number of primary sulfonamides is 1. The van der Waals surface area contributed by atoms with E-state index in [-0.39, 0.29) is 40.6 Å². The molecule has 0 bridgehead atoms. The van der Waals surface area contributed by atoms with Gasteiger partial charge in [-0.1, -0.05) is 35.5 Å². The summed E-state index contributed by atoms with van der Waals surface area (Å²) in [5.74, 6) is 0.714. The van der Waals surface area contributed by atoms with Crippen LogP contribution < -0.4 is 25.6 Å². The van der Waals surface area contributed by atoms with Crippen LogP contribution in [0.15, 0.2) is 76.4 Å². The number of rotatable bonds is 12. The third kappa shape index (κ3) is 7.64. The number of nitrogens with one attached hydrogen (secondary N) is 2. The lowest BCUT2D eigenvalue weighted by Crippen LogP contribution is -2.40. The molecule has 2 amide bonds. The number of carbonyl (C=O) groups excluding carboxylic acids is 1. The van der Waals surface area contributed by atoms with Gasteiger partial charge < -0.3 is 50.1 Å². The normalized spacial score (nSPS) is 21.7. The van der Waals surface area contributed by atoms with E-state index in [1.54, 1.807) is 4.90 Å². The molecule has 20 heteroatoms. The quantitative estimate of drug-likeness (QED) is 0.0848. The van der Waals surface area contributed by atoms with E-state index in [2.05, 4.69) is 20.8 Å². The molecule has 2 fully saturated rings. The Labute approximate surface area is 302 Å². The van der Waals surface area contributed by atoms with Gasteiger partial charge in [0, 0.05) is 37.4 Å². The molecular weight excluding hydrogens is 712 g/mol. The fourth-order valence-electron chi connectivity index (χ4n) is 6.39. The monoisotopic (exact) mass is 750 g/mol. The molecule has 2 saturated heterocycles. The van der Waals surface area contributed by atoms with E-state index in [0.717, 1.165) is 5.56 Å². The first-order valence-corrected chi connectivity index (χ1v) is 18.2. The highest BCUT2D eigenvalue weighted by molar-refractivity contribution is 7.89. The summed E-state index contributed by atoms with van der Waals surface area (Å²) in [5.41, 5.74) is 2.22. The third-order valence-corrected chi connectivity index (χ3v) is 10.1. The van der Waals surface area contributed by atoms with Crippen molar-refractivity contribution in [3.8, 4) is 0 Å². The highest BCUT2D eigenvalue weighted by Crippen LogP contribution is 2.41. The Hall–Kier alpha value is -5.22. The zero-order valence-electron chi connectivity index (χ0n) is 28.1. The zero-order chi connectivity index (χ0) is 37.3. The number of aliphatic hydroxyl groups excluding tert-OH is 4. The highest BCUT2D eigenvalue weighted by atomic mass is 32.2. The number of imidazole rings is 1. The third-order valence-electron chi connectivity index (χ3n) is 9.15. The summed E-state index contributed by atoms with van der Waals surface area (Å²) in [4.78, 5) is 30.5. The first kappa shape index (κ1) is 36.2. The summed E-state index contributed by atoms with van der Waals surface area (Å²) in [5, 5.41) is 56.6. The van der Waals surface area contributed by atoms with Gasteiger partial charge in [0.05, 0.1) is 17.8 Å². The second kappa shape index (κ2) is 15.0. The SMILES string of the molecule is NS(=O)(=O)c1ccc(NC(=O)N[C@@H]2CCN(c3nc(N(CO)CCc4ccccc4)c4ncn([C@@H]5O[C@H](c6cc(CO)no6)[C@@H](O)[C@H]5O)c4n3)C2)cc1. The molecule has 0 aliphatic carbocycles. The topological polar surface area (TPSA) is 268 Å². The Morgan fingerprint density at radius 3 is 2.53 bits per heavy atom. The number of hydrogen-bond donors (Lipinski definition) is 7. The number of urea groups is 1. The maximum atomic E-state index is 12.9. The first-order valence-electron chi connectivity index (χ1n) is 16.7. The minimum absolute atomic E-state index is 0.0798. The maximum absolute atomic E-state index is 12.9. The predicted octanol–water partition coefficient (Wildman–Crippen LogP) is 0.345. The number of nitrogens with two attached hydrogens (primary N) is 1. The average Bonchev–Trinajstić information content (AvgIpc) is 3.96. The number of ether oxygens (including phenoxy) is 1. The van der Waals surface area contributed by atoms with Crippen molar-refractivity contribution in [1.29, 1.82) is 0 Å². The largest absolute Gasteiger partial charge is 0.390 e. The van der Waals surface area contributed by atoms with Gasteiger partial charge in [-0.2, -0.15) is 9.97 Å². The summed E-state index contributed by atoms with van der Waals surface area (Å²) >= 11 is 0. The molecule has 7 rings (SSSR count). The van der Waals surface area contributed by atoms with Crippen molar-refractivity contribution in [2.45, 2.75) is 54.9 Å². The van der Waals surface area contributed by atoms with Gasteiger partial charge in [0.2, 0.25) is 16.0 Å². The summed E-state index contributed by atoms with van der Waals surface area (Å²) in [6.45, 7) is 0.382. The van der Waals surface area contributed by atoms with Crippen LogP contribution in [0.25, 0.3) is 11.2 Å². The molecule has 53 heavy (non-hydrogen) atoms. The van der Waals surface area contributed by atoms with E-state index in [1.807, 2.05) is 35.2 Å². The second-order valence-corrected chi connectivity index (χ2v) is 14.3. The Kier molecular flexibility index (Phi) is 10.2. The van der Waals surface area contributed by atoms with Crippen molar-refractivity contribution >= 4 is 44.7 Å². The lowest BCUT2D eigenvalue weighted by atomic mass is 10.1. The number of sulfonamides is 1. The van der Waals surface area contributed by atoms with E-state index in [4.69, 9.17) is 24.4 Å². The van der Waals surface area contributed by atoms with Crippen LogP contribution in [0, 0.1) is 0 Å². The fourth-order valence-corrected chi connectivity index (χ4v) is 6.91. The van der Waals surface area contributed by atoms with Crippen LogP contribution in [-0.4, -0.2) is 104 Å². The number of benzene rings is 2. The fraction of sp³-hybridized carbons (Fsp3) is 0.364. The molecule has 2 aromatic carbocycles. The van der Waals surface area contributed by atoms with Gasteiger partial charge in [-0.15, -0.1) is 0 Å². The molecule has 0 unspecified atom stereocenters. The Bertz CT molecular complexity index is 2170. The maximum Gasteiger partial charge on any atom is 0.319 e. The van der Waals surface area contributed by atoms with Gasteiger partial charge in [-0.3, -0.25) is 4.57 Å². The van der Waals surface area contributed by atoms with Crippen molar-refractivity contribution in [2.75, 3.05) is 41.5 Å². The van der Waals surface area contributed by atoms with Crippen molar-refractivity contribution in [3.05, 3.63) is 84.0 Å². The van der Waals surface area contributed by atoms with E-state index < -0.39 is 47.3 Å². The van der Waals surface area contributed by atoms with E-state index in [9.17, 15) is 33.6 Å². The molecule has 0 radical (unpaired) electrons. The number of aromatic nitrogens is 5. The number of carbonyl (C=O) groups is 1. The smallest absolute Gasteiger partial charge is 0.319 e. The molecule has 8 N–H and O–H groups in total. The average molecular weight is 751 g/mol. The summed E-state index contributed by atoms with van der Waals surface area (Å²) in [7, 11) is -3.88. The summed E-state index contributed by atoms with van der Waals surface area (Å²) in [6.07, 6.45) is -2.59. The number of anilines is 3. The van der Waals surface area contributed by atoms with Crippen molar-refractivity contribution in [1.82, 2.24) is 30.0 Å². The number of aliphatic hydroxyl groups is 4. The van der Waals surface area contributed by atoms with Crippen molar-refractivity contribution in [3.63, 3.8) is 0 Å². The minimum atomic E-state index is -3.88. The lowest BCUT2D eigenvalue weighted by Gasteiger charge is -2.24. The van der Waals surface area contributed by atoms with Gasteiger partial charge in [0.1, 0.15) is 30.7 Å². The number of amides is 2. The van der Waals surface area contributed by atoms with Gasteiger partial charge in [-0.05, 0) is 42.7 Å². The predicted molar refractivity (Wildman–Crippen MR) is 188 cm³/mol. The Balaban J connectivity index is 1.15. The van der Waals surface area contributed by atoms with Crippen LogP contribution >= 0.6 is 0 Å². The molecule has 5 aromatic rings. The van der Waals surface area contributed by atoms with Crippen molar-refractivity contribution in [2.24, 2.45) is 5.14 Å². The lowest BCUT2D eigenvalue weighted by molar-refractivity contribution is -0.0434. The number of hydrogen-bond acceptors (Lipinski definition) is 15. The van der Waals surface area contributed by atoms with Gasteiger partial charge in [-0.25, -0.2) is 23.3 Å². The Morgan fingerprint density at radius 2 is 1.83 bits per heavy atom. The molecule has 280 valence electrons. The number of fused-ring (bicyclic) bond motifs is 1. The molecule has 5 heterocycles. The molecule has 0 saturated carbocycles. The molecule has 2 aliphatic heterocycles. The van der Waals surface area contributed by atoms with Gasteiger partial charge >= 0.3 is 6.03 Å². The summed E-state index contributed by atoms with van der Waals surface area (Å²) < 4.78 is 36.0. The first-order chi connectivity index (χ1) is 25.5. The molecule has 3 aromatic heterocycles. The van der Waals surface area contributed by atoms with E-state index >= 15 is 0 Å². The molecule has 0 spiro atoms.